The van der Waals surface area contributed by atoms with Gasteiger partial charge in [-0.1, -0.05) is 19.1 Å². The maximum absolute atomic E-state index is 11.6. The lowest BCUT2D eigenvalue weighted by atomic mass is 10.0. The minimum atomic E-state index is -0.171. The average molecular weight is 236 g/mol. The van der Waals surface area contributed by atoms with Crippen molar-refractivity contribution in [3.8, 4) is 5.75 Å². The van der Waals surface area contributed by atoms with Crippen molar-refractivity contribution in [1.82, 2.24) is 5.32 Å². The molecule has 0 aliphatic rings. The molecule has 0 saturated carbocycles. The highest BCUT2D eigenvalue weighted by Gasteiger charge is 2.15. The van der Waals surface area contributed by atoms with Crippen LogP contribution in [0.2, 0.25) is 0 Å². The van der Waals surface area contributed by atoms with Gasteiger partial charge in [-0.25, -0.2) is 0 Å². The zero-order chi connectivity index (χ0) is 12.8. The van der Waals surface area contributed by atoms with Crippen molar-refractivity contribution in [2.45, 2.75) is 26.3 Å². The van der Waals surface area contributed by atoms with Gasteiger partial charge >= 0.3 is 0 Å². The summed E-state index contributed by atoms with van der Waals surface area (Å²) in [6.07, 6.45) is 0.748. The summed E-state index contributed by atoms with van der Waals surface area (Å²) in [6.45, 7) is 4.23. The van der Waals surface area contributed by atoms with Gasteiger partial charge in [0, 0.05) is 18.5 Å². The van der Waals surface area contributed by atoms with Crippen LogP contribution in [-0.4, -0.2) is 23.6 Å². The Morgan fingerprint density at radius 3 is 2.47 bits per heavy atom. The van der Waals surface area contributed by atoms with E-state index in [0.29, 0.717) is 6.54 Å². The summed E-state index contributed by atoms with van der Waals surface area (Å²) < 4.78 is 0. The molecule has 4 nitrogen and oxygen atoms in total. The van der Waals surface area contributed by atoms with Crippen LogP contribution in [0.1, 0.15) is 19.4 Å². The largest absolute Gasteiger partial charge is 0.508 e. The molecule has 4 heteroatoms. The lowest BCUT2D eigenvalue weighted by Crippen LogP contribution is -2.39. The minimum absolute atomic E-state index is 0.0150. The summed E-state index contributed by atoms with van der Waals surface area (Å²) in [4.78, 5) is 11.6. The number of nitrogens with two attached hydrogens (primary N) is 1. The molecule has 0 spiro atoms. The molecule has 2 atom stereocenters. The number of aromatic hydroxyl groups is 1. The molecule has 2 unspecified atom stereocenters. The second-order valence-corrected chi connectivity index (χ2v) is 4.36. The van der Waals surface area contributed by atoms with Gasteiger partial charge in [0.2, 0.25) is 5.91 Å². The molecule has 0 aliphatic carbocycles. The van der Waals surface area contributed by atoms with E-state index in [1.165, 1.54) is 0 Å². The van der Waals surface area contributed by atoms with Gasteiger partial charge < -0.3 is 16.2 Å². The lowest BCUT2D eigenvalue weighted by Gasteiger charge is -2.15. The number of amides is 1. The zero-order valence-electron chi connectivity index (χ0n) is 10.3. The smallest absolute Gasteiger partial charge is 0.224 e. The number of hydrogen-bond acceptors (Lipinski definition) is 3. The second-order valence-electron chi connectivity index (χ2n) is 4.36. The van der Waals surface area contributed by atoms with Gasteiger partial charge in [-0.15, -0.1) is 0 Å². The van der Waals surface area contributed by atoms with E-state index >= 15 is 0 Å². The molecule has 0 radical (unpaired) electrons. The first kappa shape index (κ1) is 13.5. The first-order valence-electron chi connectivity index (χ1n) is 5.82. The first-order valence-corrected chi connectivity index (χ1v) is 5.82. The molecule has 17 heavy (non-hydrogen) atoms. The minimum Gasteiger partial charge on any atom is -0.508 e. The van der Waals surface area contributed by atoms with Crippen molar-refractivity contribution < 1.29 is 9.90 Å². The standard InChI is InChI=1S/C13H20N2O2/c1-9(10(2)14)13(17)15-8-7-11-3-5-12(16)6-4-11/h3-6,9-10,16H,7-8,14H2,1-2H3,(H,15,17). The van der Waals surface area contributed by atoms with Gasteiger partial charge in [0.15, 0.2) is 0 Å². The fraction of sp³-hybridized carbons (Fsp3) is 0.462. The second kappa shape index (κ2) is 6.25. The van der Waals surface area contributed by atoms with Crippen molar-refractivity contribution >= 4 is 5.91 Å². The number of benzene rings is 1. The molecule has 1 rings (SSSR count). The molecule has 0 bridgehead atoms. The Hall–Kier alpha value is -1.55. The third-order valence-electron chi connectivity index (χ3n) is 2.85. The fourth-order valence-electron chi connectivity index (χ4n) is 1.39. The third kappa shape index (κ3) is 4.44. The Labute approximate surface area is 102 Å². The van der Waals surface area contributed by atoms with E-state index in [0.717, 1.165) is 12.0 Å². The van der Waals surface area contributed by atoms with Crippen LogP contribution < -0.4 is 11.1 Å². The number of nitrogens with one attached hydrogen (secondary N) is 1. The maximum Gasteiger partial charge on any atom is 0.224 e. The summed E-state index contributed by atoms with van der Waals surface area (Å²) in [6, 6.07) is 6.83. The average Bonchev–Trinajstić information content (AvgIpc) is 2.30. The summed E-state index contributed by atoms with van der Waals surface area (Å²) >= 11 is 0. The van der Waals surface area contributed by atoms with Crippen molar-refractivity contribution in [2.24, 2.45) is 11.7 Å². The van der Waals surface area contributed by atoms with Crippen LogP contribution in [-0.2, 0) is 11.2 Å². The van der Waals surface area contributed by atoms with Gasteiger partial charge in [0.1, 0.15) is 5.75 Å². The van der Waals surface area contributed by atoms with E-state index < -0.39 is 0 Å². The number of hydrogen-bond donors (Lipinski definition) is 3. The van der Waals surface area contributed by atoms with Gasteiger partial charge in [0.05, 0.1) is 0 Å². The number of phenolic OH excluding ortho intramolecular Hbond substituents is 1. The van der Waals surface area contributed by atoms with Crippen LogP contribution in [0.4, 0.5) is 0 Å². The van der Waals surface area contributed by atoms with Crippen LogP contribution >= 0.6 is 0 Å². The Kier molecular flexibility index (Phi) is 4.97. The molecule has 0 heterocycles. The topological polar surface area (TPSA) is 75.4 Å². The number of phenols is 1. The molecule has 4 N–H and O–H groups in total. The van der Waals surface area contributed by atoms with Crippen molar-refractivity contribution in [2.75, 3.05) is 6.54 Å². The van der Waals surface area contributed by atoms with E-state index in [2.05, 4.69) is 5.32 Å². The molecule has 1 amide bonds. The molecule has 1 aromatic rings. The Bertz CT molecular complexity index is 360. The number of carbonyl (C=O) groups is 1. The normalized spacial score (nSPS) is 14.1. The quantitative estimate of drug-likeness (QED) is 0.715. The van der Waals surface area contributed by atoms with E-state index in [9.17, 15) is 4.79 Å². The maximum atomic E-state index is 11.6. The highest BCUT2D eigenvalue weighted by molar-refractivity contribution is 5.78. The van der Waals surface area contributed by atoms with Crippen LogP contribution in [0.25, 0.3) is 0 Å². The lowest BCUT2D eigenvalue weighted by molar-refractivity contribution is -0.124. The molecule has 0 aliphatic heterocycles. The SMILES string of the molecule is CC(N)C(C)C(=O)NCCc1ccc(O)cc1. The third-order valence-corrected chi connectivity index (χ3v) is 2.85. The van der Waals surface area contributed by atoms with Crippen LogP contribution in [0.5, 0.6) is 5.75 Å². The molecule has 0 saturated heterocycles. The Balaban J connectivity index is 2.33. The van der Waals surface area contributed by atoms with Crippen LogP contribution in [0.15, 0.2) is 24.3 Å². The molecule has 0 fully saturated rings. The number of carbonyl (C=O) groups excluding carboxylic acids is 1. The summed E-state index contributed by atoms with van der Waals surface area (Å²) in [7, 11) is 0. The van der Waals surface area contributed by atoms with Gasteiger partial charge in [-0.3, -0.25) is 4.79 Å². The highest BCUT2D eigenvalue weighted by atomic mass is 16.3. The first-order chi connectivity index (χ1) is 8.00. The Morgan fingerprint density at radius 2 is 1.94 bits per heavy atom. The van der Waals surface area contributed by atoms with E-state index in [1.807, 2.05) is 26.0 Å². The van der Waals surface area contributed by atoms with E-state index in [-0.39, 0.29) is 23.6 Å². The van der Waals surface area contributed by atoms with E-state index in [1.54, 1.807) is 12.1 Å². The highest BCUT2D eigenvalue weighted by Crippen LogP contribution is 2.09. The van der Waals surface area contributed by atoms with Crippen molar-refractivity contribution in [3.05, 3.63) is 29.8 Å². The molecule has 1 aromatic carbocycles. The Morgan fingerprint density at radius 1 is 1.35 bits per heavy atom. The van der Waals surface area contributed by atoms with Crippen LogP contribution in [0, 0.1) is 5.92 Å². The predicted octanol–water partition coefficient (Wildman–Crippen LogP) is 1.03. The van der Waals surface area contributed by atoms with Gasteiger partial charge in [-0.05, 0) is 31.0 Å². The summed E-state index contributed by atoms with van der Waals surface area (Å²) in [5, 5.41) is 12.0. The fourth-order valence-corrected chi connectivity index (χ4v) is 1.39. The van der Waals surface area contributed by atoms with E-state index in [4.69, 9.17) is 10.8 Å². The molecule has 94 valence electrons. The van der Waals surface area contributed by atoms with Crippen molar-refractivity contribution in [3.63, 3.8) is 0 Å². The zero-order valence-corrected chi connectivity index (χ0v) is 10.3. The molecular formula is C13H20N2O2. The summed E-state index contributed by atoms with van der Waals surface area (Å²) in [5.41, 5.74) is 6.73. The van der Waals surface area contributed by atoms with Gasteiger partial charge in [0.25, 0.3) is 0 Å². The van der Waals surface area contributed by atoms with Crippen LogP contribution in [0.3, 0.4) is 0 Å². The molecular weight excluding hydrogens is 216 g/mol. The summed E-state index contributed by atoms with van der Waals surface area (Å²) in [5.74, 6) is 0.0666. The monoisotopic (exact) mass is 236 g/mol. The molecule has 0 aromatic heterocycles. The van der Waals surface area contributed by atoms with Gasteiger partial charge in [-0.2, -0.15) is 0 Å². The predicted molar refractivity (Wildman–Crippen MR) is 67.6 cm³/mol. The number of rotatable bonds is 5. The van der Waals surface area contributed by atoms with Crippen molar-refractivity contribution in [1.29, 1.82) is 0 Å².